The van der Waals surface area contributed by atoms with E-state index in [2.05, 4.69) is 10.6 Å². The van der Waals surface area contributed by atoms with Gasteiger partial charge < -0.3 is 15.1 Å². The molecule has 0 aliphatic carbocycles. The summed E-state index contributed by atoms with van der Waals surface area (Å²) in [5.74, 6) is -0.594. The molecule has 3 amide bonds. The topological polar surface area (TPSA) is 138 Å². The minimum Gasteiger partial charge on any atom is -0.451 e. The van der Waals surface area contributed by atoms with Gasteiger partial charge in [-0.25, -0.2) is 5.06 Å². The number of unbranched alkanes of at least 4 members (excludes halogenated alkanes) is 2. The van der Waals surface area contributed by atoms with E-state index in [9.17, 15) is 24.2 Å². The molecule has 0 saturated carbocycles. The van der Waals surface area contributed by atoms with Crippen LogP contribution < -0.4 is 15.2 Å². The molecule has 10 nitrogen and oxygen atoms in total. The highest BCUT2D eigenvalue weighted by Gasteiger charge is 2.21. The molecular weight excluding hydrogens is 449 g/mol. The Kier molecular flexibility index (Phi) is 10.5. The third-order valence-corrected chi connectivity index (χ3v) is 5.22. The average Bonchev–Trinajstić information content (AvgIpc) is 3.28. The van der Waals surface area contributed by atoms with Gasteiger partial charge in [0.2, 0.25) is 12.3 Å². The molecule has 178 valence electrons. The van der Waals surface area contributed by atoms with Crippen molar-refractivity contribution in [3.8, 4) is 17.1 Å². The second-order valence-electron chi connectivity index (χ2n) is 7.37. The predicted molar refractivity (Wildman–Crippen MR) is 121 cm³/mol. The zero-order valence-electron chi connectivity index (χ0n) is 18.7. The van der Waals surface area contributed by atoms with Crippen LogP contribution in [0.1, 0.15) is 43.2 Å². The first-order valence-electron chi connectivity index (χ1n) is 10.6. The van der Waals surface area contributed by atoms with Gasteiger partial charge in [-0.3, -0.25) is 24.1 Å². The van der Waals surface area contributed by atoms with E-state index in [1.807, 2.05) is 6.92 Å². The summed E-state index contributed by atoms with van der Waals surface area (Å²) in [6.07, 6.45) is 3.45. The van der Waals surface area contributed by atoms with Crippen molar-refractivity contribution >= 4 is 26.3 Å². The van der Waals surface area contributed by atoms with Gasteiger partial charge >= 0.3 is 8.03 Å². The predicted octanol–water partition coefficient (Wildman–Crippen LogP) is 3.55. The number of benzene rings is 1. The van der Waals surface area contributed by atoms with Crippen LogP contribution in [0.5, 0.6) is 5.75 Å². The number of hydrogen-bond donors (Lipinski definition) is 3. The van der Waals surface area contributed by atoms with Crippen LogP contribution in [-0.2, 0) is 14.2 Å². The second kappa shape index (κ2) is 13.3. The fourth-order valence-electron chi connectivity index (χ4n) is 3.13. The lowest BCUT2D eigenvalue weighted by Gasteiger charge is -2.19. The molecule has 1 heterocycles. The zero-order chi connectivity index (χ0) is 24.2. The zero-order valence-corrected chi connectivity index (χ0v) is 19.5. The normalized spacial score (nSPS) is 11.9. The smallest absolute Gasteiger partial charge is 0.451 e. The number of nitrogens with one attached hydrogen (secondary N) is 2. The van der Waals surface area contributed by atoms with Crippen LogP contribution in [0.2, 0.25) is 0 Å². The van der Waals surface area contributed by atoms with Gasteiger partial charge in [-0.1, -0.05) is 38.3 Å². The maximum Gasteiger partial charge on any atom is 0.552 e. The van der Waals surface area contributed by atoms with E-state index in [0.29, 0.717) is 28.6 Å². The highest BCUT2D eigenvalue weighted by Crippen LogP contribution is 2.29. The monoisotopic (exact) mass is 478 g/mol. The van der Waals surface area contributed by atoms with Crippen molar-refractivity contribution in [2.24, 2.45) is 5.92 Å². The molecular formula is C22H29N3O7P+. The third kappa shape index (κ3) is 8.67. The van der Waals surface area contributed by atoms with E-state index >= 15 is 0 Å². The Balaban J connectivity index is 1.91. The summed E-state index contributed by atoms with van der Waals surface area (Å²) in [5.41, 5.74) is 0.648. The van der Waals surface area contributed by atoms with Crippen LogP contribution in [0, 0.1) is 5.92 Å². The van der Waals surface area contributed by atoms with Gasteiger partial charge in [-0.05, 0) is 35.3 Å². The van der Waals surface area contributed by atoms with Crippen molar-refractivity contribution in [1.82, 2.24) is 15.7 Å². The van der Waals surface area contributed by atoms with Crippen molar-refractivity contribution in [3.05, 3.63) is 42.2 Å². The van der Waals surface area contributed by atoms with Crippen LogP contribution in [0.25, 0.3) is 11.3 Å². The van der Waals surface area contributed by atoms with E-state index in [4.69, 9.17) is 8.94 Å². The lowest BCUT2D eigenvalue weighted by atomic mass is 10.0. The van der Waals surface area contributed by atoms with Crippen molar-refractivity contribution in [2.75, 3.05) is 19.9 Å². The molecule has 33 heavy (non-hydrogen) atoms. The standard InChI is InChI=1S/C22H28N3O7P/c1-3-4-5-7-17(13-25(29)15-26)21(27)23-14-24-22(28)20-11-10-19(31-20)16-8-6-9-18(12-16)32-33(2)30/h6,8-12,15,17,29H,3-5,7,13-14H2,1-2H3,(H-,23,24,27,28)/p+1. The maximum atomic E-state index is 12.4. The van der Waals surface area contributed by atoms with Crippen molar-refractivity contribution in [2.45, 2.75) is 32.6 Å². The van der Waals surface area contributed by atoms with Crippen LogP contribution in [0.3, 0.4) is 0 Å². The van der Waals surface area contributed by atoms with E-state index in [1.165, 1.54) is 12.7 Å². The average molecular weight is 478 g/mol. The summed E-state index contributed by atoms with van der Waals surface area (Å²) in [6.45, 7) is 3.22. The molecule has 0 aliphatic rings. The van der Waals surface area contributed by atoms with E-state index < -0.39 is 19.9 Å². The highest BCUT2D eigenvalue weighted by atomic mass is 31.1. The first-order chi connectivity index (χ1) is 15.8. The molecule has 2 unspecified atom stereocenters. The molecule has 2 rings (SSSR count). The van der Waals surface area contributed by atoms with Crippen LogP contribution in [0.15, 0.2) is 40.8 Å². The molecule has 11 heteroatoms. The summed E-state index contributed by atoms with van der Waals surface area (Å²) in [5, 5.41) is 15.0. The maximum absolute atomic E-state index is 12.4. The minimum atomic E-state index is -1.80. The van der Waals surface area contributed by atoms with Crippen molar-refractivity contribution < 1.29 is 33.1 Å². The molecule has 0 spiro atoms. The van der Waals surface area contributed by atoms with Crippen LogP contribution in [0.4, 0.5) is 0 Å². The van der Waals surface area contributed by atoms with Gasteiger partial charge in [0, 0.05) is 5.56 Å². The molecule has 2 aromatic rings. The van der Waals surface area contributed by atoms with Crippen molar-refractivity contribution in [1.29, 1.82) is 0 Å². The van der Waals surface area contributed by atoms with E-state index in [0.717, 1.165) is 19.3 Å². The third-order valence-electron chi connectivity index (χ3n) is 4.75. The van der Waals surface area contributed by atoms with Crippen LogP contribution in [-0.4, -0.2) is 48.4 Å². The second-order valence-corrected chi connectivity index (χ2v) is 8.43. The van der Waals surface area contributed by atoms with Gasteiger partial charge in [0.1, 0.15) is 5.76 Å². The first kappa shape index (κ1) is 26.0. The Morgan fingerprint density at radius 2 is 2.03 bits per heavy atom. The summed E-state index contributed by atoms with van der Waals surface area (Å²) < 4.78 is 22.1. The molecule has 0 saturated heterocycles. The Morgan fingerprint density at radius 1 is 1.24 bits per heavy atom. The fraction of sp³-hybridized carbons (Fsp3) is 0.409. The number of hydroxylamine groups is 2. The highest BCUT2D eigenvalue weighted by molar-refractivity contribution is 7.38. The largest absolute Gasteiger partial charge is 0.552 e. The number of nitrogens with zero attached hydrogens (tertiary/aromatic N) is 1. The van der Waals surface area contributed by atoms with Gasteiger partial charge in [-0.2, -0.15) is 0 Å². The van der Waals surface area contributed by atoms with E-state index in [1.54, 1.807) is 30.3 Å². The summed E-state index contributed by atoms with van der Waals surface area (Å²) in [4.78, 5) is 35.5. The minimum absolute atomic E-state index is 0.0501. The van der Waals surface area contributed by atoms with Crippen LogP contribution >= 0.6 is 8.03 Å². The fourth-order valence-corrected chi connectivity index (χ4v) is 3.54. The molecule has 0 bridgehead atoms. The number of amides is 3. The molecule has 3 N–H and O–H groups in total. The Morgan fingerprint density at radius 3 is 2.73 bits per heavy atom. The lowest BCUT2D eigenvalue weighted by Crippen LogP contribution is -2.42. The van der Waals surface area contributed by atoms with Gasteiger partial charge in [0.05, 0.1) is 19.1 Å². The summed E-state index contributed by atoms with van der Waals surface area (Å²) in [6, 6.07) is 9.92. The lowest BCUT2D eigenvalue weighted by molar-refractivity contribution is -0.154. The summed E-state index contributed by atoms with van der Waals surface area (Å²) >= 11 is 0. The summed E-state index contributed by atoms with van der Waals surface area (Å²) in [7, 11) is -1.80. The van der Waals surface area contributed by atoms with Gasteiger partial charge in [0.25, 0.3) is 5.91 Å². The molecule has 0 radical (unpaired) electrons. The molecule has 1 aromatic carbocycles. The van der Waals surface area contributed by atoms with Gasteiger partial charge in [-0.15, -0.1) is 0 Å². The molecule has 0 fully saturated rings. The van der Waals surface area contributed by atoms with E-state index in [-0.39, 0.29) is 31.3 Å². The number of carbonyl (C=O) groups is 3. The number of carbonyl (C=O) groups excluding carboxylic acids is 3. The number of furan rings is 1. The van der Waals surface area contributed by atoms with Crippen molar-refractivity contribution in [3.63, 3.8) is 0 Å². The Bertz CT molecular complexity index is 963. The Hall–Kier alpha value is -3.23. The Labute approximate surface area is 193 Å². The van der Waals surface area contributed by atoms with Gasteiger partial charge in [0.15, 0.2) is 18.2 Å². The SMILES string of the molecule is CCCCCC(CN(O)C=O)C(=O)NCNC(=O)c1ccc(-c2cccc(O[P+](C)=O)c2)o1. The quantitative estimate of drug-likeness (QED) is 0.0943. The number of hydrogen-bond acceptors (Lipinski definition) is 7. The first-order valence-corrected chi connectivity index (χ1v) is 12.2. The molecule has 1 aromatic heterocycles. The number of rotatable bonds is 14. The molecule has 0 aliphatic heterocycles. The molecule has 2 atom stereocenters.